The Morgan fingerprint density at radius 2 is 1.89 bits per heavy atom. The van der Waals surface area contributed by atoms with E-state index in [9.17, 15) is 23.3 Å². The Balaban J connectivity index is 2.31. The number of rotatable bonds is 8. The molecule has 2 aromatic rings. The summed E-state index contributed by atoms with van der Waals surface area (Å²) in [7, 11) is -2.61. The quantitative estimate of drug-likeness (QED) is 0.529. The molecule has 2 aromatic carbocycles. The van der Waals surface area contributed by atoms with E-state index in [-0.39, 0.29) is 23.2 Å². The second-order valence-electron chi connectivity index (χ2n) is 6.08. The number of amides is 1. The second-order valence-corrected chi connectivity index (χ2v) is 7.99. The zero-order chi connectivity index (χ0) is 20.9. The van der Waals surface area contributed by atoms with Gasteiger partial charge in [-0.05, 0) is 18.6 Å². The highest BCUT2D eigenvalue weighted by atomic mass is 32.2. The monoisotopic (exact) mass is 407 g/mol. The van der Waals surface area contributed by atoms with Gasteiger partial charge in [-0.2, -0.15) is 0 Å². The van der Waals surface area contributed by atoms with Crippen molar-refractivity contribution in [1.29, 1.82) is 0 Å². The topological polar surface area (TPSA) is 119 Å². The van der Waals surface area contributed by atoms with Crippen molar-refractivity contribution in [3.63, 3.8) is 0 Å². The lowest BCUT2D eigenvalue weighted by Crippen LogP contribution is -2.41. The highest BCUT2D eigenvalue weighted by molar-refractivity contribution is 7.92. The molecule has 0 aliphatic rings. The standard InChI is InChI=1S/C18H21N3O6S/c1-13(14-7-5-4-6-8-14)19-18(22)12-20(28(3,25)26)16-11-15(21(23)24)9-10-17(16)27-2/h4-11,13H,12H2,1-3H3,(H,19,22)/t13-/m1/s1. The number of non-ortho nitro benzene ring substituents is 1. The first-order valence-electron chi connectivity index (χ1n) is 8.28. The Morgan fingerprint density at radius 3 is 2.43 bits per heavy atom. The van der Waals surface area contributed by atoms with Crippen LogP contribution in [0.15, 0.2) is 48.5 Å². The van der Waals surface area contributed by atoms with Gasteiger partial charge in [-0.3, -0.25) is 19.2 Å². The smallest absolute Gasteiger partial charge is 0.271 e. The summed E-state index contributed by atoms with van der Waals surface area (Å²) < 4.78 is 30.5. The zero-order valence-electron chi connectivity index (χ0n) is 15.7. The molecule has 0 aromatic heterocycles. The van der Waals surface area contributed by atoms with E-state index in [4.69, 9.17) is 4.74 Å². The normalized spacial score (nSPS) is 12.1. The summed E-state index contributed by atoms with van der Waals surface area (Å²) in [4.78, 5) is 22.9. The second kappa shape index (κ2) is 8.70. The summed E-state index contributed by atoms with van der Waals surface area (Å²) >= 11 is 0. The van der Waals surface area contributed by atoms with Crippen LogP contribution in [0.3, 0.4) is 0 Å². The molecular formula is C18H21N3O6S. The minimum atomic E-state index is -3.92. The summed E-state index contributed by atoms with van der Waals surface area (Å²) in [6.45, 7) is 1.22. The molecule has 2 rings (SSSR count). The first-order valence-corrected chi connectivity index (χ1v) is 10.1. The number of carbonyl (C=O) groups excluding carboxylic acids is 1. The number of nitro benzene ring substituents is 1. The van der Waals surface area contributed by atoms with Crippen molar-refractivity contribution in [3.8, 4) is 5.75 Å². The van der Waals surface area contributed by atoms with Crippen LogP contribution in [-0.2, 0) is 14.8 Å². The number of hydrogen-bond donors (Lipinski definition) is 1. The molecule has 0 radical (unpaired) electrons. The Labute approximate surface area is 163 Å². The average Bonchev–Trinajstić information content (AvgIpc) is 2.65. The van der Waals surface area contributed by atoms with Gasteiger partial charge in [0.25, 0.3) is 5.69 Å². The molecule has 10 heteroatoms. The number of nitro groups is 1. The van der Waals surface area contributed by atoms with Crippen LogP contribution in [0.5, 0.6) is 5.75 Å². The molecule has 0 unspecified atom stereocenters. The van der Waals surface area contributed by atoms with Gasteiger partial charge in [0, 0.05) is 12.1 Å². The van der Waals surface area contributed by atoms with Crippen molar-refractivity contribution in [3.05, 3.63) is 64.2 Å². The summed E-state index contributed by atoms with van der Waals surface area (Å²) in [5, 5.41) is 13.8. The van der Waals surface area contributed by atoms with E-state index < -0.39 is 27.4 Å². The fourth-order valence-electron chi connectivity index (χ4n) is 2.61. The van der Waals surface area contributed by atoms with Gasteiger partial charge in [0.15, 0.2) is 0 Å². The lowest BCUT2D eigenvalue weighted by molar-refractivity contribution is -0.384. The number of nitrogens with zero attached hydrogens (tertiary/aromatic N) is 2. The maximum atomic E-state index is 12.5. The maximum absolute atomic E-state index is 12.5. The molecule has 0 saturated heterocycles. The molecule has 9 nitrogen and oxygen atoms in total. The Morgan fingerprint density at radius 1 is 1.25 bits per heavy atom. The number of nitrogens with one attached hydrogen (secondary N) is 1. The molecule has 0 fully saturated rings. The summed E-state index contributed by atoms with van der Waals surface area (Å²) in [6.07, 6.45) is 0.916. The van der Waals surface area contributed by atoms with E-state index in [1.807, 2.05) is 30.3 Å². The summed E-state index contributed by atoms with van der Waals surface area (Å²) in [6, 6.07) is 12.4. The SMILES string of the molecule is COc1ccc([N+](=O)[O-])cc1N(CC(=O)N[C@H](C)c1ccccc1)S(C)(=O)=O. The van der Waals surface area contributed by atoms with Gasteiger partial charge in [-0.25, -0.2) is 8.42 Å². The van der Waals surface area contributed by atoms with Crippen LogP contribution in [0.4, 0.5) is 11.4 Å². The Bertz CT molecular complexity index is 963. The predicted molar refractivity (Wildman–Crippen MR) is 105 cm³/mol. The van der Waals surface area contributed by atoms with Gasteiger partial charge in [0.1, 0.15) is 18.0 Å². The highest BCUT2D eigenvalue weighted by Gasteiger charge is 2.26. The van der Waals surface area contributed by atoms with Crippen LogP contribution in [-0.4, -0.2) is 39.2 Å². The van der Waals surface area contributed by atoms with Gasteiger partial charge in [-0.1, -0.05) is 30.3 Å². The molecule has 1 N–H and O–H groups in total. The number of benzene rings is 2. The summed E-state index contributed by atoms with van der Waals surface area (Å²) in [5.41, 5.74) is 0.457. The van der Waals surface area contributed by atoms with Crippen LogP contribution in [0.1, 0.15) is 18.5 Å². The van der Waals surface area contributed by atoms with E-state index in [1.165, 1.54) is 19.2 Å². The molecular weight excluding hydrogens is 386 g/mol. The lowest BCUT2D eigenvalue weighted by Gasteiger charge is -2.24. The van der Waals surface area contributed by atoms with E-state index in [0.717, 1.165) is 22.2 Å². The molecule has 150 valence electrons. The predicted octanol–water partition coefficient (Wildman–Crippen LogP) is 2.25. The Kier molecular flexibility index (Phi) is 6.57. The number of carbonyl (C=O) groups is 1. The third-order valence-electron chi connectivity index (χ3n) is 4.01. The minimum absolute atomic E-state index is 0.0817. The van der Waals surface area contributed by atoms with E-state index in [2.05, 4.69) is 5.32 Å². The van der Waals surface area contributed by atoms with E-state index >= 15 is 0 Å². The molecule has 1 atom stereocenters. The molecule has 0 saturated carbocycles. The lowest BCUT2D eigenvalue weighted by atomic mass is 10.1. The van der Waals surface area contributed by atoms with Crippen molar-refractivity contribution in [2.75, 3.05) is 24.2 Å². The van der Waals surface area contributed by atoms with Crippen molar-refractivity contribution in [2.45, 2.75) is 13.0 Å². The van der Waals surface area contributed by atoms with Crippen molar-refractivity contribution >= 4 is 27.3 Å². The number of anilines is 1. The van der Waals surface area contributed by atoms with Crippen LogP contribution in [0.25, 0.3) is 0 Å². The van der Waals surface area contributed by atoms with Crippen LogP contribution in [0.2, 0.25) is 0 Å². The van der Waals surface area contributed by atoms with Crippen LogP contribution >= 0.6 is 0 Å². The first-order chi connectivity index (χ1) is 13.1. The number of hydrogen-bond acceptors (Lipinski definition) is 6. The average molecular weight is 407 g/mol. The third kappa shape index (κ3) is 5.19. The molecule has 28 heavy (non-hydrogen) atoms. The van der Waals surface area contributed by atoms with E-state index in [1.54, 1.807) is 6.92 Å². The van der Waals surface area contributed by atoms with Gasteiger partial charge in [-0.15, -0.1) is 0 Å². The van der Waals surface area contributed by atoms with Gasteiger partial charge < -0.3 is 10.1 Å². The molecule has 0 aliphatic carbocycles. The highest BCUT2D eigenvalue weighted by Crippen LogP contribution is 2.33. The van der Waals surface area contributed by atoms with Gasteiger partial charge in [0.05, 0.1) is 24.3 Å². The molecule has 1 amide bonds. The maximum Gasteiger partial charge on any atom is 0.271 e. The van der Waals surface area contributed by atoms with Crippen molar-refractivity contribution in [2.24, 2.45) is 0 Å². The number of ether oxygens (including phenoxy) is 1. The minimum Gasteiger partial charge on any atom is -0.495 e. The molecule has 0 spiro atoms. The first kappa shape index (κ1) is 21.2. The molecule has 0 heterocycles. The van der Waals surface area contributed by atoms with Gasteiger partial charge in [0.2, 0.25) is 15.9 Å². The summed E-state index contributed by atoms with van der Waals surface area (Å²) in [5.74, 6) is -0.463. The number of methoxy groups -OCH3 is 1. The number of sulfonamides is 1. The van der Waals surface area contributed by atoms with Crippen LogP contribution < -0.4 is 14.4 Å². The largest absolute Gasteiger partial charge is 0.495 e. The fourth-order valence-corrected chi connectivity index (χ4v) is 3.46. The van der Waals surface area contributed by atoms with Crippen molar-refractivity contribution in [1.82, 2.24) is 5.32 Å². The van der Waals surface area contributed by atoms with Crippen molar-refractivity contribution < 1.29 is 22.9 Å². The molecule has 0 aliphatic heterocycles. The van der Waals surface area contributed by atoms with E-state index in [0.29, 0.717) is 0 Å². The van der Waals surface area contributed by atoms with Crippen LogP contribution in [0, 0.1) is 10.1 Å². The zero-order valence-corrected chi connectivity index (χ0v) is 16.5. The molecule has 0 bridgehead atoms. The Hall–Kier alpha value is -3.14. The van der Waals surface area contributed by atoms with Gasteiger partial charge >= 0.3 is 0 Å². The third-order valence-corrected chi connectivity index (χ3v) is 5.13. The fraction of sp³-hybridized carbons (Fsp3) is 0.278.